The van der Waals surface area contributed by atoms with Crippen LogP contribution in [0.1, 0.15) is 45.3 Å². The van der Waals surface area contributed by atoms with Crippen molar-refractivity contribution in [1.29, 1.82) is 10.5 Å². The predicted molar refractivity (Wildman–Crippen MR) is 113 cm³/mol. The van der Waals surface area contributed by atoms with Crippen LogP contribution in [0, 0.1) is 22.7 Å². The van der Waals surface area contributed by atoms with E-state index < -0.39 is 0 Å². The van der Waals surface area contributed by atoms with Crippen molar-refractivity contribution in [1.82, 2.24) is 15.1 Å². The lowest BCUT2D eigenvalue weighted by Gasteiger charge is -2.25. The molecule has 0 spiro atoms. The first-order chi connectivity index (χ1) is 15.6. The molecule has 1 aromatic heterocycles. The quantitative estimate of drug-likeness (QED) is 0.690. The van der Waals surface area contributed by atoms with E-state index in [2.05, 4.69) is 22.6 Å². The second kappa shape index (κ2) is 8.09. The first-order valence-corrected chi connectivity index (χ1v) is 10.3. The van der Waals surface area contributed by atoms with Gasteiger partial charge in [0.2, 0.25) is 5.88 Å². The minimum absolute atomic E-state index is 0.223. The van der Waals surface area contributed by atoms with Crippen molar-refractivity contribution in [3.05, 3.63) is 76.5 Å². The minimum Gasteiger partial charge on any atom is -0.491 e. The van der Waals surface area contributed by atoms with Gasteiger partial charge in [0, 0.05) is 24.6 Å². The molecule has 0 saturated carbocycles. The number of hydrogen-bond donors (Lipinski definition) is 1. The minimum atomic E-state index is -0.307. The summed E-state index contributed by atoms with van der Waals surface area (Å²) in [5.41, 5.74) is 3.15. The van der Waals surface area contributed by atoms with Gasteiger partial charge in [0.05, 0.1) is 29.3 Å². The second-order valence-corrected chi connectivity index (χ2v) is 7.80. The standard InChI is InChI=1S/C24H19N5O3/c25-12-15-5-6-21-17(9-15)10-18(14-31-21)27-24(30)20-11-23-29(28-20)8-7-22(32-23)19-4-2-1-3-16(19)13-26/h1-6,9,11,18,22H,7-8,10,14H2,(H,27,30)/t18-,22?/m1/s1. The van der Waals surface area contributed by atoms with E-state index >= 15 is 0 Å². The van der Waals surface area contributed by atoms with Crippen molar-refractivity contribution in [2.75, 3.05) is 6.61 Å². The van der Waals surface area contributed by atoms with Gasteiger partial charge in [0.25, 0.3) is 5.91 Å². The summed E-state index contributed by atoms with van der Waals surface area (Å²) in [6, 6.07) is 18.4. The average molecular weight is 425 g/mol. The lowest BCUT2D eigenvalue weighted by atomic mass is 10.0. The topological polar surface area (TPSA) is 113 Å². The van der Waals surface area contributed by atoms with Crippen LogP contribution >= 0.6 is 0 Å². The molecule has 0 bridgehead atoms. The van der Waals surface area contributed by atoms with Gasteiger partial charge in [-0.15, -0.1) is 0 Å². The van der Waals surface area contributed by atoms with E-state index in [1.165, 1.54) is 0 Å². The van der Waals surface area contributed by atoms with Gasteiger partial charge < -0.3 is 14.8 Å². The van der Waals surface area contributed by atoms with Crippen molar-refractivity contribution >= 4 is 5.91 Å². The Labute approximate surface area is 184 Å². The monoisotopic (exact) mass is 425 g/mol. The molecule has 0 saturated heterocycles. The normalized spacial score (nSPS) is 18.7. The van der Waals surface area contributed by atoms with Crippen LogP contribution in [-0.4, -0.2) is 28.3 Å². The summed E-state index contributed by atoms with van der Waals surface area (Å²) in [6.07, 6.45) is 0.972. The molecule has 8 heteroatoms. The third kappa shape index (κ3) is 3.63. The van der Waals surface area contributed by atoms with Crippen LogP contribution in [0.4, 0.5) is 0 Å². The smallest absolute Gasteiger partial charge is 0.272 e. The zero-order chi connectivity index (χ0) is 22.1. The number of fused-ring (bicyclic) bond motifs is 2. The number of nitriles is 2. The highest BCUT2D eigenvalue weighted by molar-refractivity contribution is 5.92. The predicted octanol–water partition coefficient (Wildman–Crippen LogP) is 2.88. The van der Waals surface area contributed by atoms with Crippen LogP contribution in [0.3, 0.4) is 0 Å². The Morgan fingerprint density at radius 2 is 2.03 bits per heavy atom. The Morgan fingerprint density at radius 3 is 2.88 bits per heavy atom. The molecule has 0 aliphatic carbocycles. The fraction of sp³-hybridized carbons (Fsp3) is 0.250. The summed E-state index contributed by atoms with van der Waals surface area (Å²) in [7, 11) is 0. The number of aryl methyl sites for hydroxylation is 1. The molecule has 5 rings (SSSR count). The van der Waals surface area contributed by atoms with Gasteiger partial charge in [-0.25, -0.2) is 4.68 Å². The van der Waals surface area contributed by atoms with E-state index in [9.17, 15) is 10.1 Å². The number of benzene rings is 2. The molecule has 3 aromatic rings. The molecule has 0 radical (unpaired) electrons. The summed E-state index contributed by atoms with van der Waals surface area (Å²) in [5.74, 6) is 0.935. The van der Waals surface area contributed by atoms with Gasteiger partial charge in [-0.3, -0.25) is 4.79 Å². The molecular formula is C24H19N5O3. The van der Waals surface area contributed by atoms with Gasteiger partial charge >= 0.3 is 0 Å². The Kier molecular flexibility index (Phi) is 4.97. The fourth-order valence-electron chi connectivity index (χ4n) is 4.12. The highest BCUT2D eigenvalue weighted by Crippen LogP contribution is 2.32. The molecule has 2 aliphatic rings. The molecule has 3 heterocycles. The maximum atomic E-state index is 12.8. The summed E-state index contributed by atoms with van der Waals surface area (Å²) in [4.78, 5) is 12.8. The lowest BCUT2D eigenvalue weighted by molar-refractivity contribution is 0.0909. The number of carbonyl (C=O) groups is 1. The van der Waals surface area contributed by atoms with E-state index in [-0.39, 0.29) is 23.7 Å². The van der Waals surface area contributed by atoms with Crippen LogP contribution in [0.25, 0.3) is 0 Å². The van der Waals surface area contributed by atoms with Crippen LogP contribution < -0.4 is 14.8 Å². The number of nitrogens with one attached hydrogen (secondary N) is 1. The van der Waals surface area contributed by atoms with Gasteiger partial charge in [-0.2, -0.15) is 15.6 Å². The number of nitrogens with zero attached hydrogens (tertiary/aromatic N) is 4. The average Bonchev–Trinajstić information content (AvgIpc) is 3.27. The number of amides is 1. The zero-order valence-corrected chi connectivity index (χ0v) is 17.1. The Balaban J connectivity index is 1.28. The van der Waals surface area contributed by atoms with E-state index in [1.54, 1.807) is 35.0 Å². The van der Waals surface area contributed by atoms with Crippen LogP contribution in [-0.2, 0) is 13.0 Å². The largest absolute Gasteiger partial charge is 0.491 e. The number of carbonyl (C=O) groups excluding carboxylic acids is 1. The molecule has 1 N–H and O–H groups in total. The Hall–Kier alpha value is -4.30. The van der Waals surface area contributed by atoms with Crippen molar-refractivity contribution in [3.63, 3.8) is 0 Å². The van der Waals surface area contributed by atoms with Gasteiger partial charge in [-0.05, 0) is 36.2 Å². The maximum absolute atomic E-state index is 12.8. The SMILES string of the molecule is N#Cc1ccc2c(c1)C[C@@H](NC(=O)c1cc3n(n1)CCC(c1ccccc1C#N)O3)CO2. The molecule has 2 aromatic carbocycles. The molecule has 2 atom stereocenters. The molecule has 158 valence electrons. The van der Waals surface area contributed by atoms with Gasteiger partial charge in [0.1, 0.15) is 18.5 Å². The number of aromatic nitrogens is 2. The highest BCUT2D eigenvalue weighted by Gasteiger charge is 2.28. The van der Waals surface area contributed by atoms with Crippen molar-refractivity contribution < 1.29 is 14.3 Å². The zero-order valence-electron chi connectivity index (χ0n) is 17.1. The van der Waals surface area contributed by atoms with Crippen molar-refractivity contribution in [3.8, 4) is 23.8 Å². The van der Waals surface area contributed by atoms with Crippen LogP contribution in [0.2, 0.25) is 0 Å². The van der Waals surface area contributed by atoms with E-state index in [0.29, 0.717) is 43.0 Å². The van der Waals surface area contributed by atoms with Crippen molar-refractivity contribution in [2.45, 2.75) is 31.5 Å². The molecule has 1 unspecified atom stereocenters. The molecule has 8 nitrogen and oxygen atoms in total. The van der Waals surface area contributed by atoms with Gasteiger partial charge in [0.15, 0.2) is 5.69 Å². The second-order valence-electron chi connectivity index (χ2n) is 7.80. The number of hydrogen-bond acceptors (Lipinski definition) is 6. The summed E-state index contributed by atoms with van der Waals surface area (Å²) in [6.45, 7) is 0.936. The van der Waals surface area contributed by atoms with Gasteiger partial charge in [-0.1, -0.05) is 18.2 Å². The molecule has 1 amide bonds. The van der Waals surface area contributed by atoms with E-state index in [1.807, 2.05) is 18.2 Å². The first-order valence-electron chi connectivity index (χ1n) is 10.3. The third-order valence-electron chi connectivity index (χ3n) is 5.70. The van der Waals surface area contributed by atoms with Crippen LogP contribution in [0.5, 0.6) is 11.6 Å². The number of rotatable bonds is 3. The molecular weight excluding hydrogens is 406 g/mol. The van der Waals surface area contributed by atoms with Crippen LogP contribution in [0.15, 0.2) is 48.5 Å². The first kappa shape index (κ1) is 19.7. The number of ether oxygens (including phenoxy) is 2. The van der Waals surface area contributed by atoms with E-state index in [0.717, 1.165) is 16.9 Å². The lowest BCUT2D eigenvalue weighted by Crippen LogP contribution is -2.42. The summed E-state index contributed by atoms with van der Waals surface area (Å²) in [5, 5.41) is 25.8. The third-order valence-corrected chi connectivity index (χ3v) is 5.70. The molecule has 32 heavy (non-hydrogen) atoms. The van der Waals surface area contributed by atoms with Crippen molar-refractivity contribution in [2.24, 2.45) is 0 Å². The Morgan fingerprint density at radius 1 is 1.16 bits per heavy atom. The maximum Gasteiger partial charge on any atom is 0.272 e. The molecule has 2 aliphatic heterocycles. The molecule has 0 fully saturated rings. The fourth-order valence-corrected chi connectivity index (χ4v) is 4.12. The summed E-state index contributed by atoms with van der Waals surface area (Å²) < 4.78 is 13.5. The Bertz CT molecular complexity index is 1280. The summed E-state index contributed by atoms with van der Waals surface area (Å²) >= 11 is 0. The highest BCUT2D eigenvalue weighted by atomic mass is 16.5. The van der Waals surface area contributed by atoms with E-state index in [4.69, 9.17) is 14.7 Å².